The summed E-state index contributed by atoms with van der Waals surface area (Å²) in [7, 11) is 0. The summed E-state index contributed by atoms with van der Waals surface area (Å²) in [4.78, 5) is 41.6. The molecular formula is C28H26N2O4S. The molecular weight excluding hydrogens is 460 g/mol. The lowest BCUT2D eigenvalue weighted by atomic mass is 10.2. The van der Waals surface area contributed by atoms with E-state index in [9.17, 15) is 14.4 Å². The van der Waals surface area contributed by atoms with Crippen LogP contribution in [0, 0.1) is 13.8 Å². The first kappa shape index (κ1) is 24.3. The van der Waals surface area contributed by atoms with Gasteiger partial charge in [0.1, 0.15) is 10.6 Å². The Morgan fingerprint density at radius 1 is 0.886 bits per heavy atom. The second-order valence-corrected chi connectivity index (χ2v) is 9.59. The molecule has 0 unspecified atom stereocenters. The summed E-state index contributed by atoms with van der Waals surface area (Å²) >= 11 is 1.25. The highest BCUT2D eigenvalue weighted by Crippen LogP contribution is 2.38. The molecule has 6 nitrogen and oxygen atoms in total. The summed E-state index contributed by atoms with van der Waals surface area (Å²) in [6.07, 6.45) is -0.246. The molecule has 0 aliphatic carbocycles. The van der Waals surface area contributed by atoms with Crippen molar-refractivity contribution in [3.8, 4) is 0 Å². The van der Waals surface area contributed by atoms with E-state index in [1.54, 1.807) is 38.1 Å². The highest BCUT2D eigenvalue weighted by atomic mass is 32.2. The Kier molecular flexibility index (Phi) is 7.07. The van der Waals surface area contributed by atoms with Gasteiger partial charge in [0.05, 0.1) is 17.4 Å². The van der Waals surface area contributed by atoms with E-state index in [0.29, 0.717) is 16.2 Å². The number of nitrogens with one attached hydrogen (secondary N) is 1. The van der Waals surface area contributed by atoms with E-state index < -0.39 is 17.8 Å². The van der Waals surface area contributed by atoms with Crippen LogP contribution in [-0.2, 0) is 14.3 Å². The van der Waals surface area contributed by atoms with Crippen molar-refractivity contribution in [3.05, 3.63) is 100 Å². The fourth-order valence-electron chi connectivity index (χ4n) is 3.55. The van der Waals surface area contributed by atoms with E-state index >= 15 is 0 Å². The third-order valence-electron chi connectivity index (χ3n) is 5.39. The Morgan fingerprint density at radius 2 is 1.54 bits per heavy atom. The largest absolute Gasteiger partial charge is 0.459 e. The molecule has 1 heterocycles. The van der Waals surface area contributed by atoms with E-state index in [1.807, 2.05) is 62.4 Å². The molecule has 0 bridgehead atoms. The second-order valence-electron chi connectivity index (χ2n) is 8.51. The third kappa shape index (κ3) is 5.30. The number of rotatable bonds is 7. The van der Waals surface area contributed by atoms with Gasteiger partial charge in [-0.25, -0.2) is 9.69 Å². The van der Waals surface area contributed by atoms with E-state index in [-0.39, 0.29) is 11.8 Å². The quantitative estimate of drug-likeness (QED) is 0.333. The van der Waals surface area contributed by atoms with Gasteiger partial charge < -0.3 is 10.1 Å². The van der Waals surface area contributed by atoms with Gasteiger partial charge in [0.25, 0.3) is 11.8 Å². The van der Waals surface area contributed by atoms with Crippen LogP contribution in [0.3, 0.4) is 0 Å². The van der Waals surface area contributed by atoms with Gasteiger partial charge in [-0.05, 0) is 75.7 Å². The van der Waals surface area contributed by atoms with Crippen molar-refractivity contribution in [1.29, 1.82) is 0 Å². The predicted molar refractivity (Wildman–Crippen MR) is 138 cm³/mol. The molecule has 7 heteroatoms. The number of ether oxygens (including phenoxy) is 1. The van der Waals surface area contributed by atoms with Gasteiger partial charge >= 0.3 is 5.97 Å². The number of para-hydroxylation sites is 1. The number of imide groups is 1. The molecule has 4 rings (SSSR count). The molecule has 0 saturated heterocycles. The van der Waals surface area contributed by atoms with E-state index in [2.05, 4.69) is 5.32 Å². The Morgan fingerprint density at radius 3 is 2.17 bits per heavy atom. The number of anilines is 2. The van der Waals surface area contributed by atoms with Crippen LogP contribution in [0.1, 0.15) is 35.3 Å². The van der Waals surface area contributed by atoms with Crippen LogP contribution in [0.15, 0.2) is 88.3 Å². The SMILES string of the molecule is Cc1ccc(SC2=C(Nc3ccccc3C)C(=O)N(c3ccc(C(=O)OC(C)C)cc3)C2=O)cc1. The summed E-state index contributed by atoms with van der Waals surface area (Å²) in [6, 6.07) is 21.6. The van der Waals surface area contributed by atoms with Gasteiger partial charge in [0.2, 0.25) is 0 Å². The second kappa shape index (κ2) is 10.2. The van der Waals surface area contributed by atoms with E-state index in [1.165, 1.54) is 11.8 Å². The van der Waals surface area contributed by atoms with Crippen LogP contribution in [0.4, 0.5) is 11.4 Å². The van der Waals surface area contributed by atoms with Crippen LogP contribution in [-0.4, -0.2) is 23.9 Å². The molecule has 3 aromatic rings. The first-order valence-corrected chi connectivity index (χ1v) is 12.1. The molecule has 1 aliphatic rings. The maximum absolute atomic E-state index is 13.5. The van der Waals surface area contributed by atoms with Gasteiger partial charge in [0.15, 0.2) is 0 Å². The minimum atomic E-state index is -0.457. The monoisotopic (exact) mass is 486 g/mol. The Hall–Kier alpha value is -3.84. The van der Waals surface area contributed by atoms with Crippen molar-refractivity contribution < 1.29 is 19.1 Å². The number of nitrogens with zero attached hydrogens (tertiary/aromatic N) is 1. The lowest BCUT2D eigenvalue weighted by Crippen LogP contribution is -2.32. The summed E-state index contributed by atoms with van der Waals surface area (Å²) in [5.74, 6) is -1.33. The molecule has 2 amide bonds. The zero-order valence-electron chi connectivity index (χ0n) is 20.0. The molecule has 0 atom stereocenters. The number of thioether (sulfide) groups is 1. The van der Waals surface area contributed by atoms with Gasteiger partial charge in [-0.1, -0.05) is 47.7 Å². The first-order valence-electron chi connectivity index (χ1n) is 11.3. The number of carbonyl (C=O) groups is 3. The average Bonchev–Trinajstić information content (AvgIpc) is 3.05. The molecule has 0 fully saturated rings. The fourth-order valence-corrected chi connectivity index (χ4v) is 4.48. The van der Waals surface area contributed by atoms with Crippen LogP contribution in [0.5, 0.6) is 0 Å². The van der Waals surface area contributed by atoms with Crippen molar-refractivity contribution in [2.24, 2.45) is 0 Å². The minimum Gasteiger partial charge on any atom is -0.459 e. The summed E-state index contributed by atoms with van der Waals surface area (Å²) in [5.41, 5.74) is 3.75. The molecule has 1 N–H and O–H groups in total. The molecule has 0 spiro atoms. The van der Waals surface area contributed by atoms with Crippen LogP contribution >= 0.6 is 11.8 Å². The normalized spacial score (nSPS) is 13.6. The smallest absolute Gasteiger partial charge is 0.338 e. The number of carbonyl (C=O) groups excluding carboxylic acids is 3. The number of hydrogen-bond donors (Lipinski definition) is 1. The average molecular weight is 487 g/mol. The lowest BCUT2D eigenvalue weighted by molar-refractivity contribution is -0.120. The van der Waals surface area contributed by atoms with Crippen molar-refractivity contribution in [2.75, 3.05) is 10.2 Å². The van der Waals surface area contributed by atoms with Gasteiger partial charge in [-0.15, -0.1) is 0 Å². The van der Waals surface area contributed by atoms with E-state index in [4.69, 9.17) is 4.74 Å². The fraction of sp³-hybridized carbons (Fsp3) is 0.179. The molecule has 0 radical (unpaired) electrons. The van der Waals surface area contributed by atoms with Crippen molar-refractivity contribution >= 4 is 40.9 Å². The molecule has 3 aromatic carbocycles. The zero-order chi connectivity index (χ0) is 25.1. The van der Waals surface area contributed by atoms with Crippen molar-refractivity contribution in [1.82, 2.24) is 0 Å². The topological polar surface area (TPSA) is 75.7 Å². The van der Waals surface area contributed by atoms with E-state index in [0.717, 1.165) is 26.6 Å². The maximum atomic E-state index is 13.5. The number of aryl methyl sites for hydroxylation is 2. The molecule has 35 heavy (non-hydrogen) atoms. The maximum Gasteiger partial charge on any atom is 0.338 e. The zero-order valence-corrected chi connectivity index (χ0v) is 20.8. The molecule has 0 saturated carbocycles. The summed E-state index contributed by atoms with van der Waals surface area (Å²) < 4.78 is 5.22. The van der Waals surface area contributed by atoms with Crippen LogP contribution in [0.25, 0.3) is 0 Å². The highest BCUT2D eigenvalue weighted by Gasteiger charge is 2.40. The van der Waals surface area contributed by atoms with Crippen molar-refractivity contribution in [2.45, 2.75) is 38.7 Å². The Labute approximate surface area is 209 Å². The molecule has 0 aromatic heterocycles. The standard InChI is InChI=1S/C28H26N2O4S/c1-17(2)34-28(33)20-11-13-21(14-12-20)30-26(31)24(29-23-8-6-5-7-19(23)4)25(27(30)32)35-22-15-9-18(3)10-16-22/h5-17,29H,1-4H3. The molecule has 1 aliphatic heterocycles. The van der Waals surface area contributed by atoms with Crippen LogP contribution in [0.2, 0.25) is 0 Å². The number of hydrogen-bond acceptors (Lipinski definition) is 6. The Bertz CT molecular complexity index is 1310. The molecule has 178 valence electrons. The van der Waals surface area contributed by atoms with Gasteiger partial charge in [-0.2, -0.15) is 0 Å². The first-order chi connectivity index (χ1) is 16.7. The summed E-state index contributed by atoms with van der Waals surface area (Å²) in [5, 5.41) is 3.19. The highest BCUT2D eigenvalue weighted by molar-refractivity contribution is 8.04. The van der Waals surface area contributed by atoms with Crippen LogP contribution < -0.4 is 10.2 Å². The lowest BCUT2D eigenvalue weighted by Gasteiger charge is -2.16. The Balaban J connectivity index is 1.68. The van der Waals surface area contributed by atoms with Gasteiger partial charge in [-0.3, -0.25) is 9.59 Å². The van der Waals surface area contributed by atoms with Crippen molar-refractivity contribution in [3.63, 3.8) is 0 Å². The predicted octanol–water partition coefficient (Wildman–Crippen LogP) is 5.86. The summed E-state index contributed by atoms with van der Waals surface area (Å²) in [6.45, 7) is 7.47. The minimum absolute atomic E-state index is 0.221. The van der Waals surface area contributed by atoms with Gasteiger partial charge in [0, 0.05) is 10.6 Å². The number of amides is 2. The number of esters is 1. The number of benzene rings is 3. The third-order valence-corrected chi connectivity index (χ3v) is 6.48.